The summed E-state index contributed by atoms with van der Waals surface area (Å²) in [5.41, 5.74) is 4.10. The van der Waals surface area contributed by atoms with Crippen LogP contribution in [0.5, 0.6) is 0 Å². The Morgan fingerprint density at radius 2 is 1.87 bits per heavy atom. The number of pyridine rings is 1. The van der Waals surface area contributed by atoms with Crippen LogP contribution in [0.3, 0.4) is 0 Å². The molecule has 1 aliphatic carbocycles. The van der Waals surface area contributed by atoms with Gasteiger partial charge < -0.3 is 20.3 Å². The maximum atomic E-state index is 12.9. The molecule has 4 heterocycles. The molecule has 0 aliphatic heterocycles. The van der Waals surface area contributed by atoms with Gasteiger partial charge in [-0.25, -0.2) is 15.0 Å². The molecule has 196 valence electrons. The van der Waals surface area contributed by atoms with E-state index in [4.69, 9.17) is 4.52 Å². The zero-order chi connectivity index (χ0) is 26.6. The summed E-state index contributed by atoms with van der Waals surface area (Å²) < 4.78 is 5.62. The van der Waals surface area contributed by atoms with Crippen molar-refractivity contribution in [2.45, 2.75) is 46.1 Å². The predicted octanol–water partition coefficient (Wildman–Crippen LogP) is 5.31. The smallest absolute Gasteiger partial charge is 0.307 e. The number of carbonyl (C=O) groups excluding carboxylic acids is 1. The molecule has 1 fully saturated rings. The molecule has 0 unspecified atom stereocenters. The average Bonchev–Trinajstić information content (AvgIpc) is 3.59. The molecule has 3 N–H and O–H groups in total. The number of amides is 1. The van der Waals surface area contributed by atoms with Crippen molar-refractivity contribution < 1.29 is 19.2 Å². The number of nitrogens with one attached hydrogen (secondary N) is 2. The van der Waals surface area contributed by atoms with Crippen LogP contribution in [-0.4, -0.2) is 37.1 Å². The van der Waals surface area contributed by atoms with Gasteiger partial charge >= 0.3 is 5.97 Å². The number of carboxylic acid groups (broad SMARTS) is 1. The number of aryl methyl sites for hydroxylation is 2. The van der Waals surface area contributed by atoms with Crippen molar-refractivity contribution in [2.24, 2.45) is 11.8 Å². The first kappa shape index (κ1) is 25.5. The monoisotopic (exact) mass is 532 g/mol. The lowest BCUT2D eigenvalue weighted by molar-refractivity contribution is -0.147. The lowest BCUT2D eigenvalue weighted by Gasteiger charge is -2.27. The SMILES string of the molecule is Cc1nc(-c2onc(C)c2CNc2nccc(-c3cccs3)n2)ccc1NC(=O)[C@H]1CCCC[C@@H]1C(=O)O. The number of aromatic nitrogens is 4. The standard InChI is InChI=1S/C27H28N6O4S/c1-15-19(14-29-27-28-12-11-21(32-27)23-8-5-13-38-23)24(37-33-15)22-10-9-20(16(2)30-22)31-25(34)17-6-3-4-7-18(17)26(35)36/h5,8-13,17-18H,3-4,6-7,14H2,1-2H3,(H,31,34)(H,35,36)(H,28,29,32)/t17-,18-/m0/s1. The van der Waals surface area contributed by atoms with Gasteiger partial charge in [0.25, 0.3) is 0 Å². The summed E-state index contributed by atoms with van der Waals surface area (Å²) in [5, 5.41) is 21.8. The minimum Gasteiger partial charge on any atom is -0.481 e. The van der Waals surface area contributed by atoms with E-state index in [0.29, 0.717) is 48.2 Å². The van der Waals surface area contributed by atoms with Crippen LogP contribution in [0.4, 0.5) is 11.6 Å². The highest BCUT2D eigenvalue weighted by molar-refractivity contribution is 7.13. The minimum atomic E-state index is -0.916. The summed E-state index contributed by atoms with van der Waals surface area (Å²) in [4.78, 5) is 39.2. The zero-order valence-electron chi connectivity index (χ0n) is 21.1. The van der Waals surface area contributed by atoms with Crippen molar-refractivity contribution in [3.8, 4) is 22.0 Å². The Morgan fingerprint density at radius 3 is 2.61 bits per heavy atom. The number of thiophene rings is 1. The van der Waals surface area contributed by atoms with Gasteiger partial charge in [-0.3, -0.25) is 9.59 Å². The van der Waals surface area contributed by atoms with E-state index in [0.717, 1.165) is 34.7 Å². The highest BCUT2D eigenvalue weighted by atomic mass is 32.1. The number of hydrogen-bond donors (Lipinski definition) is 3. The molecule has 0 radical (unpaired) electrons. The Kier molecular flexibility index (Phi) is 7.45. The first-order valence-electron chi connectivity index (χ1n) is 12.5. The van der Waals surface area contributed by atoms with Crippen LogP contribution < -0.4 is 10.6 Å². The normalized spacial score (nSPS) is 17.2. The third-order valence-electron chi connectivity index (χ3n) is 6.83. The van der Waals surface area contributed by atoms with E-state index >= 15 is 0 Å². The van der Waals surface area contributed by atoms with Gasteiger partial charge in [-0.05, 0) is 56.3 Å². The van der Waals surface area contributed by atoms with Gasteiger partial charge in [-0.15, -0.1) is 11.3 Å². The number of aliphatic carboxylic acids is 1. The van der Waals surface area contributed by atoms with Crippen molar-refractivity contribution in [3.05, 3.63) is 58.9 Å². The molecule has 38 heavy (non-hydrogen) atoms. The Hall–Kier alpha value is -4.12. The van der Waals surface area contributed by atoms with Gasteiger partial charge in [-0.2, -0.15) is 0 Å². The second-order valence-corrected chi connectivity index (χ2v) is 10.3. The largest absolute Gasteiger partial charge is 0.481 e. The number of hydrogen-bond acceptors (Lipinski definition) is 9. The molecule has 4 aromatic heterocycles. The summed E-state index contributed by atoms with van der Waals surface area (Å²) in [6.45, 7) is 4.03. The summed E-state index contributed by atoms with van der Waals surface area (Å²) in [6, 6.07) is 9.39. The first-order chi connectivity index (χ1) is 18.4. The van der Waals surface area contributed by atoms with Crippen molar-refractivity contribution in [3.63, 3.8) is 0 Å². The van der Waals surface area contributed by atoms with E-state index in [1.165, 1.54) is 0 Å². The molecular formula is C27H28N6O4S. The first-order valence-corrected chi connectivity index (χ1v) is 13.4. The van der Waals surface area contributed by atoms with Gasteiger partial charge in [0.2, 0.25) is 11.9 Å². The van der Waals surface area contributed by atoms with Crippen LogP contribution in [0.25, 0.3) is 22.0 Å². The van der Waals surface area contributed by atoms with E-state index in [9.17, 15) is 14.7 Å². The molecule has 1 aliphatic rings. The molecule has 0 bridgehead atoms. The summed E-state index contributed by atoms with van der Waals surface area (Å²) in [6.07, 6.45) is 4.49. The lowest BCUT2D eigenvalue weighted by Crippen LogP contribution is -2.36. The fourth-order valence-corrected chi connectivity index (χ4v) is 5.45. The van der Waals surface area contributed by atoms with Crippen LogP contribution in [-0.2, 0) is 16.1 Å². The maximum absolute atomic E-state index is 12.9. The molecule has 10 nitrogen and oxygen atoms in total. The Labute approximate surface area is 223 Å². The van der Waals surface area contributed by atoms with Crippen LogP contribution in [0.15, 0.2) is 46.4 Å². The van der Waals surface area contributed by atoms with E-state index in [2.05, 4.69) is 30.7 Å². The lowest BCUT2D eigenvalue weighted by atomic mass is 9.78. The minimum absolute atomic E-state index is 0.278. The third-order valence-corrected chi connectivity index (χ3v) is 7.73. The van der Waals surface area contributed by atoms with Crippen molar-refractivity contribution in [2.75, 3.05) is 10.6 Å². The van der Waals surface area contributed by atoms with Crippen LogP contribution in [0.1, 0.15) is 42.6 Å². The number of nitrogens with zero attached hydrogens (tertiary/aromatic N) is 4. The zero-order valence-corrected chi connectivity index (χ0v) is 21.9. The number of anilines is 2. The van der Waals surface area contributed by atoms with Crippen molar-refractivity contribution in [1.29, 1.82) is 0 Å². The molecule has 0 saturated heterocycles. The third kappa shape index (κ3) is 5.42. The Morgan fingerprint density at radius 1 is 1.05 bits per heavy atom. The highest BCUT2D eigenvalue weighted by Crippen LogP contribution is 2.32. The van der Waals surface area contributed by atoms with Crippen molar-refractivity contribution >= 4 is 34.8 Å². The van der Waals surface area contributed by atoms with E-state index in [1.807, 2.05) is 30.5 Å². The van der Waals surface area contributed by atoms with Crippen LogP contribution >= 0.6 is 11.3 Å². The van der Waals surface area contributed by atoms with E-state index in [1.54, 1.807) is 36.6 Å². The van der Waals surface area contributed by atoms with Gasteiger partial charge in [0.05, 0.1) is 39.5 Å². The van der Waals surface area contributed by atoms with Crippen LogP contribution in [0, 0.1) is 25.7 Å². The molecular weight excluding hydrogens is 504 g/mol. The topological polar surface area (TPSA) is 143 Å². The average molecular weight is 533 g/mol. The molecule has 4 aromatic rings. The Balaban J connectivity index is 1.30. The van der Waals surface area contributed by atoms with Gasteiger partial charge in [0.15, 0.2) is 5.76 Å². The summed E-state index contributed by atoms with van der Waals surface area (Å²) in [5.74, 6) is -1.38. The highest BCUT2D eigenvalue weighted by Gasteiger charge is 2.36. The summed E-state index contributed by atoms with van der Waals surface area (Å²) >= 11 is 1.61. The predicted molar refractivity (Wildman–Crippen MR) is 144 cm³/mol. The number of rotatable bonds is 8. The molecule has 0 aromatic carbocycles. The molecule has 5 rings (SSSR count). The summed E-state index contributed by atoms with van der Waals surface area (Å²) in [7, 11) is 0. The fraction of sp³-hybridized carbons (Fsp3) is 0.333. The Bertz CT molecular complexity index is 1450. The molecule has 1 saturated carbocycles. The molecule has 2 atom stereocenters. The van der Waals surface area contributed by atoms with Crippen LogP contribution in [0.2, 0.25) is 0 Å². The number of carboxylic acids is 1. The molecule has 11 heteroatoms. The van der Waals surface area contributed by atoms with Gasteiger partial charge in [0, 0.05) is 18.3 Å². The molecule has 1 amide bonds. The fourth-order valence-electron chi connectivity index (χ4n) is 4.76. The van der Waals surface area contributed by atoms with E-state index in [-0.39, 0.29) is 5.91 Å². The van der Waals surface area contributed by atoms with Gasteiger partial charge in [-0.1, -0.05) is 24.1 Å². The van der Waals surface area contributed by atoms with E-state index < -0.39 is 17.8 Å². The maximum Gasteiger partial charge on any atom is 0.307 e. The second kappa shape index (κ2) is 11.1. The quantitative estimate of drug-likeness (QED) is 0.275. The van der Waals surface area contributed by atoms with Gasteiger partial charge in [0.1, 0.15) is 5.69 Å². The number of carbonyl (C=O) groups is 2. The van der Waals surface area contributed by atoms with Crippen molar-refractivity contribution in [1.82, 2.24) is 20.1 Å². The second-order valence-electron chi connectivity index (χ2n) is 9.33. The molecule has 0 spiro atoms.